The highest BCUT2D eigenvalue weighted by Gasteiger charge is 2.54. The van der Waals surface area contributed by atoms with E-state index in [1.54, 1.807) is 0 Å². The summed E-state index contributed by atoms with van der Waals surface area (Å²) in [5.74, 6) is -7.50. The molecule has 2 aliphatic carbocycles. The first-order valence-electron chi connectivity index (χ1n) is 10.0. The second kappa shape index (κ2) is 13.4. The van der Waals surface area contributed by atoms with Crippen molar-refractivity contribution in [2.75, 3.05) is 19.7 Å². The molecule has 8 nitrogen and oxygen atoms in total. The van der Waals surface area contributed by atoms with E-state index in [9.17, 15) is 24.6 Å². The van der Waals surface area contributed by atoms with Crippen LogP contribution in [0.5, 0.6) is 0 Å². The monoisotopic (exact) mass is 642 g/mol. The molecule has 0 aromatic heterocycles. The van der Waals surface area contributed by atoms with Gasteiger partial charge in [0.15, 0.2) is 0 Å². The summed E-state index contributed by atoms with van der Waals surface area (Å²) in [4.78, 5) is 41.3. The molecule has 0 aliphatic heterocycles. The molecule has 2 rings (SSSR count). The molecule has 0 bridgehead atoms. The van der Waals surface area contributed by atoms with Crippen LogP contribution in [0.15, 0.2) is 0 Å². The third kappa shape index (κ3) is 6.74. The summed E-state index contributed by atoms with van der Waals surface area (Å²) in [6, 6.07) is 0. The average molecular weight is 646 g/mol. The van der Waals surface area contributed by atoms with Crippen molar-refractivity contribution in [3.8, 4) is 0 Å². The van der Waals surface area contributed by atoms with Gasteiger partial charge >= 0.3 is 11.9 Å². The van der Waals surface area contributed by atoms with Gasteiger partial charge in [-0.05, 0) is 0 Å². The van der Waals surface area contributed by atoms with Gasteiger partial charge in [-0.25, -0.2) is 5.48 Å². The lowest BCUT2D eigenvalue weighted by molar-refractivity contribution is -0.148. The Balaban J connectivity index is 1.87. The molecule has 0 spiro atoms. The van der Waals surface area contributed by atoms with Gasteiger partial charge in [-0.15, -0.1) is 92.8 Å². The molecule has 34 heavy (non-hydrogen) atoms. The zero-order chi connectivity index (χ0) is 25.9. The maximum atomic E-state index is 12.7. The molecule has 12 atom stereocenters. The van der Waals surface area contributed by atoms with E-state index < -0.39 is 84.5 Å². The van der Waals surface area contributed by atoms with Crippen LogP contribution in [0.2, 0.25) is 0 Å². The lowest BCUT2D eigenvalue weighted by Crippen LogP contribution is -2.57. The number of aliphatic carboxylic acids is 2. The van der Waals surface area contributed by atoms with Crippen molar-refractivity contribution in [3.63, 3.8) is 0 Å². The van der Waals surface area contributed by atoms with E-state index in [1.165, 1.54) is 0 Å². The first-order valence-corrected chi connectivity index (χ1v) is 13.5. The van der Waals surface area contributed by atoms with Gasteiger partial charge in [-0.3, -0.25) is 14.4 Å². The van der Waals surface area contributed by atoms with Crippen molar-refractivity contribution in [2.45, 2.75) is 43.0 Å². The number of alkyl halides is 8. The third-order valence-corrected chi connectivity index (χ3v) is 11.1. The maximum absolute atomic E-state index is 12.7. The number of carboxylic acids is 2. The van der Waals surface area contributed by atoms with Crippen molar-refractivity contribution in [1.29, 1.82) is 0 Å². The lowest BCUT2D eigenvalue weighted by atomic mass is 9.77. The Bertz CT molecular complexity index is 753. The number of carbonyl (C=O) groups is 3. The second-order valence-electron chi connectivity index (χ2n) is 7.97. The predicted molar refractivity (Wildman–Crippen MR) is 133 cm³/mol. The van der Waals surface area contributed by atoms with E-state index in [4.69, 9.17) is 97.6 Å². The summed E-state index contributed by atoms with van der Waals surface area (Å²) in [7, 11) is 0. The highest BCUT2D eigenvalue weighted by atomic mass is 35.5. The molecule has 0 saturated heterocycles. The summed E-state index contributed by atoms with van der Waals surface area (Å²) >= 11 is 49.3. The number of amides is 1. The first-order chi connectivity index (χ1) is 15.8. The molecule has 1 amide bonds. The number of rotatable bonds is 9. The van der Waals surface area contributed by atoms with Gasteiger partial charge in [0.2, 0.25) is 5.91 Å². The zero-order valence-corrected chi connectivity index (χ0v) is 23.1. The summed E-state index contributed by atoms with van der Waals surface area (Å²) in [5, 5.41) is 14.2. The quantitative estimate of drug-likeness (QED) is 0.173. The molecular weight excluding hydrogens is 624 g/mol. The minimum absolute atomic E-state index is 0.0207. The van der Waals surface area contributed by atoms with Crippen LogP contribution in [0.25, 0.3) is 0 Å². The molecule has 4 N–H and O–H groups in total. The summed E-state index contributed by atoms with van der Waals surface area (Å²) in [5.41, 5.74) is 2.57. The first kappa shape index (κ1) is 30.9. The normalized spacial score (nSPS) is 42.7. The van der Waals surface area contributed by atoms with Gasteiger partial charge in [0.25, 0.3) is 0 Å². The van der Waals surface area contributed by atoms with E-state index in [-0.39, 0.29) is 19.7 Å². The van der Waals surface area contributed by atoms with Gasteiger partial charge in [0.05, 0.1) is 67.4 Å². The molecule has 0 aromatic carbocycles. The van der Waals surface area contributed by atoms with Gasteiger partial charge in [-0.1, -0.05) is 0 Å². The van der Waals surface area contributed by atoms with E-state index in [0.29, 0.717) is 0 Å². The smallest absolute Gasteiger partial charge is 0.308 e. The van der Waals surface area contributed by atoms with E-state index in [2.05, 4.69) is 10.8 Å². The zero-order valence-electron chi connectivity index (χ0n) is 17.1. The number of carboxylic acid groups (broad SMARTS) is 2. The van der Waals surface area contributed by atoms with Crippen molar-refractivity contribution in [3.05, 3.63) is 0 Å². The second-order valence-corrected chi connectivity index (χ2v) is 12.0. The summed E-state index contributed by atoms with van der Waals surface area (Å²) < 4.78 is 0. The number of nitrogens with one attached hydrogen (secondary N) is 2. The maximum Gasteiger partial charge on any atom is 0.308 e. The fourth-order valence-corrected chi connectivity index (χ4v) is 7.33. The fourth-order valence-electron chi connectivity index (χ4n) is 4.06. The minimum Gasteiger partial charge on any atom is -0.481 e. The Labute approximate surface area is 236 Å². The summed E-state index contributed by atoms with van der Waals surface area (Å²) in [6.45, 7) is -0.0333. The molecule has 2 fully saturated rings. The number of carbonyl (C=O) groups excluding carboxylic acids is 1. The van der Waals surface area contributed by atoms with Crippen LogP contribution in [-0.2, 0) is 19.2 Å². The topological polar surface area (TPSA) is 125 Å². The SMILES string of the molecule is O=C(O)C1C(Cl)C(Cl)C(Cl)C(Cl)C1CONCCNC(=O)C1C(Cl)C(Cl)C(Cl)C(Cl)C1C(=O)O. The van der Waals surface area contributed by atoms with Gasteiger partial charge in [-0.2, -0.15) is 0 Å². The minimum atomic E-state index is -1.33. The van der Waals surface area contributed by atoms with Crippen LogP contribution in [0, 0.1) is 23.7 Å². The Kier molecular flexibility index (Phi) is 12.2. The number of hydroxylamine groups is 1. The van der Waals surface area contributed by atoms with E-state index in [1.807, 2.05) is 0 Å². The number of hydrogen-bond donors (Lipinski definition) is 4. The molecule has 0 heterocycles. The van der Waals surface area contributed by atoms with Crippen LogP contribution in [-0.4, -0.2) is 90.8 Å². The molecule has 0 radical (unpaired) electrons. The molecule has 196 valence electrons. The van der Waals surface area contributed by atoms with Crippen molar-refractivity contribution in [1.82, 2.24) is 10.8 Å². The van der Waals surface area contributed by atoms with Crippen LogP contribution >= 0.6 is 92.8 Å². The fraction of sp³-hybridized carbons (Fsp3) is 0.833. The van der Waals surface area contributed by atoms with Crippen LogP contribution in [0.1, 0.15) is 0 Å². The largest absolute Gasteiger partial charge is 0.481 e. The van der Waals surface area contributed by atoms with Crippen molar-refractivity contribution < 1.29 is 29.4 Å². The van der Waals surface area contributed by atoms with Gasteiger partial charge in [0, 0.05) is 19.0 Å². The lowest BCUT2D eigenvalue weighted by Gasteiger charge is -2.41. The third-order valence-electron chi connectivity index (χ3n) is 5.89. The standard InChI is InChI=1S/C18H22Cl8N2O6/c19-8-4(5(17(30)31)9(20)13(24)12(8)23)3-34-28-2-1-27-16(29)6-7(18(32)33)11(22)15(26)14(25)10(6)21/h4-15,28H,1-3H2,(H,27,29)(H,30,31)(H,32,33). The van der Waals surface area contributed by atoms with Crippen molar-refractivity contribution in [2.24, 2.45) is 23.7 Å². The molecule has 0 aromatic rings. The Morgan fingerprint density at radius 1 is 0.618 bits per heavy atom. The molecule has 12 unspecified atom stereocenters. The number of halogens is 8. The molecule has 2 aliphatic rings. The molecule has 16 heteroatoms. The highest BCUT2D eigenvalue weighted by Crippen LogP contribution is 2.43. The summed E-state index contributed by atoms with van der Waals surface area (Å²) in [6.07, 6.45) is 0. The van der Waals surface area contributed by atoms with E-state index in [0.717, 1.165) is 0 Å². The van der Waals surface area contributed by atoms with Crippen molar-refractivity contribution >= 4 is 111 Å². The Morgan fingerprint density at radius 3 is 1.56 bits per heavy atom. The van der Waals surface area contributed by atoms with Gasteiger partial charge in [0.1, 0.15) is 0 Å². The molecule has 2 saturated carbocycles. The predicted octanol–water partition coefficient (Wildman–Crippen LogP) is 3.14. The Morgan fingerprint density at radius 2 is 1.06 bits per heavy atom. The van der Waals surface area contributed by atoms with Crippen LogP contribution in [0.3, 0.4) is 0 Å². The van der Waals surface area contributed by atoms with Gasteiger partial charge < -0.3 is 20.4 Å². The Hall–Kier alpha value is 0.650. The van der Waals surface area contributed by atoms with E-state index >= 15 is 0 Å². The number of hydrogen-bond acceptors (Lipinski definition) is 5. The molecular formula is C18H22Cl8N2O6. The highest BCUT2D eigenvalue weighted by molar-refractivity contribution is 6.40. The van der Waals surface area contributed by atoms with Crippen LogP contribution in [0.4, 0.5) is 0 Å². The van der Waals surface area contributed by atoms with Crippen LogP contribution < -0.4 is 10.8 Å². The average Bonchev–Trinajstić information content (AvgIpc) is 2.77.